The third kappa shape index (κ3) is 4.62. The lowest BCUT2D eigenvalue weighted by molar-refractivity contribution is 0.0785. The standard InChI is InChI=1S/C20H24N2O2/c1-5-14-24-19-12-8-17(9-13-19)20(23)22(4)15-16-6-10-18(11-7-16)21(2)3/h5-13H,1,14-15H2,2-4H3. The van der Waals surface area contributed by atoms with Crippen LogP contribution < -0.4 is 9.64 Å². The van der Waals surface area contributed by atoms with E-state index in [9.17, 15) is 4.79 Å². The maximum absolute atomic E-state index is 12.5. The van der Waals surface area contributed by atoms with Crippen LogP contribution in [0.4, 0.5) is 5.69 Å². The monoisotopic (exact) mass is 324 g/mol. The van der Waals surface area contributed by atoms with Crippen LogP contribution in [0.1, 0.15) is 15.9 Å². The zero-order valence-electron chi connectivity index (χ0n) is 14.5. The molecule has 2 rings (SSSR count). The van der Waals surface area contributed by atoms with Crippen LogP contribution in [0.5, 0.6) is 5.75 Å². The molecule has 0 saturated heterocycles. The van der Waals surface area contributed by atoms with Gasteiger partial charge >= 0.3 is 0 Å². The number of hydrogen-bond acceptors (Lipinski definition) is 3. The lowest BCUT2D eigenvalue weighted by atomic mass is 10.1. The molecule has 0 saturated carbocycles. The molecule has 0 atom stereocenters. The molecule has 0 bridgehead atoms. The van der Waals surface area contributed by atoms with Gasteiger partial charge in [-0.05, 0) is 42.0 Å². The minimum absolute atomic E-state index is 0.0121. The number of anilines is 1. The quantitative estimate of drug-likeness (QED) is 0.730. The number of rotatable bonds is 7. The summed E-state index contributed by atoms with van der Waals surface area (Å²) < 4.78 is 5.43. The smallest absolute Gasteiger partial charge is 0.253 e. The van der Waals surface area contributed by atoms with Crippen LogP contribution in [0, 0.1) is 0 Å². The van der Waals surface area contributed by atoms with E-state index in [1.807, 2.05) is 33.3 Å². The average Bonchev–Trinajstić information content (AvgIpc) is 2.60. The summed E-state index contributed by atoms with van der Waals surface area (Å²) in [5.74, 6) is 0.718. The highest BCUT2D eigenvalue weighted by molar-refractivity contribution is 5.94. The van der Waals surface area contributed by atoms with Gasteiger partial charge in [0.05, 0.1) is 0 Å². The van der Waals surface area contributed by atoms with Crippen molar-refractivity contribution >= 4 is 11.6 Å². The summed E-state index contributed by atoms with van der Waals surface area (Å²) in [7, 11) is 5.82. The van der Waals surface area contributed by atoms with Crippen LogP contribution in [-0.4, -0.2) is 38.6 Å². The SMILES string of the molecule is C=CCOc1ccc(C(=O)N(C)Cc2ccc(N(C)C)cc2)cc1. The Morgan fingerprint density at radius 2 is 1.67 bits per heavy atom. The van der Waals surface area contributed by atoms with Gasteiger partial charge in [0.1, 0.15) is 12.4 Å². The van der Waals surface area contributed by atoms with Crippen molar-refractivity contribution in [2.75, 3.05) is 32.6 Å². The molecule has 4 heteroatoms. The summed E-state index contributed by atoms with van der Waals surface area (Å²) in [4.78, 5) is 16.3. The highest BCUT2D eigenvalue weighted by Gasteiger charge is 2.12. The summed E-state index contributed by atoms with van der Waals surface area (Å²) in [6, 6.07) is 15.4. The molecular formula is C20H24N2O2. The fourth-order valence-corrected chi connectivity index (χ4v) is 2.31. The van der Waals surface area contributed by atoms with E-state index in [0.717, 1.165) is 17.0 Å². The van der Waals surface area contributed by atoms with Gasteiger partial charge in [-0.2, -0.15) is 0 Å². The van der Waals surface area contributed by atoms with E-state index in [2.05, 4.69) is 23.6 Å². The van der Waals surface area contributed by atoms with Gasteiger partial charge in [0.25, 0.3) is 5.91 Å². The summed E-state index contributed by atoms with van der Waals surface area (Å²) in [6.45, 7) is 4.64. The molecule has 0 spiro atoms. The Kier molecular flexibility index (Phi) is 6.01. The molecule has 0 radical (unpaired) electrons. The fourth-order valence-electron chi connectivity index (χ4n) is 2.31. The second kappa shape index (κ2) is 8.20. The predicted octanol–water partition coefficient (Wildman–Crippen LogP) is 3.59. The molecule has 1 amide bonds. The van der Waals surface area contributed by atoms with Crippen LogP contribution in [-0.2, 0) is 6.54 Å². The molecule has 4 nitrogen and oxygen atoms in total. The molecule has 0 aliphatic carbocycles. The number of carbonyl (C=O) groups excluding carboxylic acids is 1. The van der Waals surface area contributed by atoms with E-state index >= 15 is 0 Å². The molecule has 24 heavy (non-hydrogen) atoms. The fraction of sp³-hybridized carbons (Fsp3) is 0.250. The lowest BCUT2D eigenvalue weighted by Gasteiger charge is -2.18. The zero-order chi connectivity index (χ0) is 17.5. The highest BCUT2D eigenvalue weighted by Crippen LogP contribution is 2.16. The Bertz CT molecular complexity index is 676. The molecule has 0 N–H and O–H groups in total. The van der Waals surface area contributed by atoms with E-state index in [-0.39, 0.29) is 5.91 Å². The van der Waals surface area contributed by atoms with Gasteiger partial charge in [-0.15, -0.1) is 0 Å². The first kappa shape index (κ1) is 17.6. The highest BCUT2D eigenvalue weighted by atomic mass is 16.5. The number of hydrogen-bond donors (Lipinski definition) is 0. The number of ether oxygens (including phenoxy) is 1. The van der Waals surface area contributed by atoms with Crippen molar-refractivity contribution in [3.8, 4) is 5.75 Å². The lowest BCUT2D eigenvalue weighted by Crippen LogP contribution is -2.26. The summed E-state index contributed by atoms with van der Waals surface area (Å²) >= 11 is 0. The molecule has 0 unspecified atom stereocenters. The number of nitrogens with zero attached hydrogens (tertiary/aromatic N) is 2. The Labute approximate surface area is 144 Å². The maximum atomic E-state index is 12.5. The molecule has 0 heterocycles. The van der Waals surface area contributed by atoms with Crippen molar-refractivity contribution in [2.24, 2.45) is 0 Å². The van der Waals surface area contributed by atoms with E-state index in [0.29, 0.717) is 18.7 Å². The summed E-state index contributed by atoms with van der Waals surface area (Å²) in [5, 5.41) is 0. The van der Waals surface area contributed by atoms with Crippen molar-refractivity contribution in [3.05, 3.63) is 72.3 Å². The first-order chi connectivity index (χ1) is 11.5. The Hall–Kier alpha value is -2.75. The molecular weight excluding hydrogens is 300 g/mol. The number of benzene rings is 2. The second-order valence-corrected chi connectivity index (χ2v) is 5.85. The minimum Gasteiger partial charge on any atom is -0.490 e. The van der Waals surface area contributed by atoms with Gasteiger partial charge in [-0.1, -0.05) is 24.8 Å². The number of amides is 1. The summed E-state index contributed by atoms with van der Waals surface area (Å²) in [6.07, 6.45) is 1.69. The van der Waals surface area contributed by atoms with Gasteiger partial charge in [0.2, 0.25) is 0 Å². The molecule has 0 fully saturated rings. The molecule has 0 aromatic heterocycles. The van der Waals surface area contributed by atoms with Crippen molar-refractivity contribution in [2.45, 2.75) is 6.54 Å². The van der Waals surface area contributed by atoms with Crippen molar-refractivity contribution in [1.82, 2.24) is 4.90 Å². The molecule has 126 valence electrons. The molecule has 2 aromatic carbocycles. The second-order valence-electron chi connectivity index (χ2n) is 5.85. The van der Waals surface area contributed by atoms with Crippen LogP contribution in [0.3, 0.4) is 0 Å². The van der Waals surface area contributed by atoms with Gasteiger partial charge in [0, 0.05) is 38.9 Å². The van der Waals surface area contributed by atoms with Gasteiger partial charge in [-0.25, -0.2) is 0 Å². The van der Waals surface area contributed by atoms with Crippen LogP contribution in [0.15, 0.2) is 61.2 Å². The molecule has 0 aliphatic heterocycles. The van der Waals surface area contributed by atoms with Gasteiger partial charge < -0.3 is 14.5 Å². The first-order valence-corrected chi connectivity index (χ1v) is 7.86. The minimum atomic E-state index is -0.0121. The molecule has 2 aromatic rings. The van der Waals surface area contributed by atoms with Crippen molar-refractivity contribution in [1.29, 1.82) is 0 Å². The first-order valence-electron chi connectivity index (χ1n) is 7.86. The average molecular weight is 324 g/mol. The summed E-state index contributed by atoms with van der Waals surface area (Å²) in [5.41, 5.74) is 2.89. The predicted molar refractivity (Wildman–Crippen MR) is 98.7 cm³/mol. The Balaban J connectivity index is 1.99. The third-order valence-corrected chi connectivity index (χ3v) is 3.69. The number of carbonyl (C=O) groups is 1. The van der Waals surface area contributed by atoms with Crippen LogP contribution >= 0.6 is 0 Å². The third-order valence-electron chi connectivity index (χ3n) is 3.69. The normalized spacial score (nSPS) is 10.1. The van der Waals surface area contributed by atoms with Gasteiger partial charge in [-0.3, -0.25) is 4.79 Å². The van der Waals surface area contributed by atoms with Crippen LogP contribution in [0.25, 0.3) is 0 Å². The molecule has 0 aliphatic rings. The topological polar surface area (TPSA) is 32.8 Å². The van der Waals surface area contributed by atoms with E-state index < -0.39 is 0 Å². The van der Waals surface area contributed by atoms with E-state index in [1.165, 1.54) is 0 Å². The largest absolute Gasteiger partial charge is 0.490 e. The zero-order valence-corrected chi connectivity index (χ0v) is 14.5. The van der Waals surface area contributed by atoms with Crippen molar-refractivity contribution in [3.63, 3.8) is 0 Å². The Morgan fingerprint density at radius 3 is 2.21 bits per heavy atom. The Morgan fingerprint density at radius 1 is 1.04 bits per heavy atom. The van der Waals surface area contributed by atoms with E-state index in [4.69, 9.17) is 4.74 Å². The van der Waals surface area contributed by atoms with Gasteiger partial charge in [0.15, 0.2) is 0 Å². The van der Waals surface area contributed by atoms with Crippen LogP contribution in [0.2, 0.25) is 0 Å². The van der Waals surface area contributed by atoms with Crippen molar-refractivity contribution < 1.29 is 9.53 Å². The van der Waals surface area contributed by atoms with E-state index in [1.54, 1.807) is 35.2 Å². The maximum Gasteiger partial charge on any atom is 0.253 e.